The number of aromatic nitrogens is 3. The summed E-state index contributed by atoms with van der Waals surface area (Å²) in [6, 6.07) is 14.7. The summed E-state index contributed by atoms with van der Waals surface area (Å²) in [4.78, 5) is 17.3. The highest BCUT2D eigenvalue weighted by molar-refractivity contribution is 7.88. The Kier molecular flexibility index (Phi) is 6.76. The molecule has 2 heterocycles. The Labute approximate surface area is 198 Å². The van der Waals surface area contributed by atoms with E-state index in [1.807, 2.05) is 42.6 Å². The van der Waals surface area contributed by atoms with Gasteiger partial charge in [-0.25, -0.2) is 22.6 Å². The second kappa shape index (κ2) is 9.74. The summed E-state index contributed by atoms with van der Waals surface area (Å²) in [5.41, 5.74) is 5.82. The van der Waals surface area contributed by atoms with Crippen LogP contribution in [0.25, 0.3) is 16.6 Å². The van der Waals surface area contributed by atoms with E-state index in [1.165, 1.54) is 6.08 Å². The zero-order valence-electron chi connectivity index (χ0n) is 19.2. The van der Waals surface area contributed by atoms with E-state index in [-0.39, 0.29) is 24.6 Å². The molecule has 0 saturated carbocycles. The minimum Gasteiger partial charge on any atom is -0.326 e. The van der Waals surface area contributed by atoms with E-state index in [9.17, 15) is 13.2 Å². The normalized spacial score (nSPS) is 11.7. The van der Waals surface area contributed by atoms with Gasteiger partial charge in [-0.1, -0.05) is 30.3 Å². The zero-order valence-corrected chi connectivity index (χ0v) is 20.0. The first-order chi connectivity index (χ1) is 16.3. The van der Waals surface area contributed by atoms with Gasteiger partial charge in [-0.2, -0.15) is 5.10 Å². The van der Waals surface area contributed by atoms with E-state index in [4.69, 9.17) is 4.98 Å². The minimum absolute atomic E-state index is 0.127. The van der Waals surface area contributed by atoms with Gasteiger partial charge < -0.3 is 5.32 Å². The Morgan fingerprint density at radius 2 is 1.85 bits per heavy atom. The molecule has 0 unspecified atom stereocenters. The number of aryl methyl sites for hydroxylation is 2. The predicted molar refractivity (Wildman–Crippen MR) is 134 cm³/mol. The average molecular weight is 478 g/mol. The molecular formula is C25H27N5O3S. The number of rotatable bonds is 9. The maximum atomic E-state index is 12.6. The largest absolute Gasteiger partial charge is 0.326 e. The Bertz CT molecular complexity index is 1470. The van der Waals surface area contributed by atoms with E-state index >= 15 is 0 Å². The SMILES string of the molecule is C=CCNS(=O)(=O)Cc1ccc(NC(=O)CCc2c(C)nc3c4ccccc4nn3c2C)cc1. The van der Waals surface area contributed by atoms with Crippen molar-refractivity contribution in [2.24, 2.45) is 0 Å². The molecule has 0 radical (unpaired) electrons. The summed E-state index contributed by atoms with van der Waals surface area (Å²) in [6.45, 7) is 7.64. The van der Waals surface area contributed by atoms with Gasteiger partial charge in [0, 0.05) is 35.4 Å². The van der Waals surface area contributed by atoms with Crippen LogP contribution in [0.1, 0.15) is 28.9 Å². The monoisotopic (exact) mass is 477 g/mol. The lowest BCUT2D eigenvalue weighted by Gasteiger charge is -2.11. The zero-order chi connectivity index (χ0) is 24.3. The number of nitrogens with one attached hydrogen (secondary N) is 2. The number of sulfonamides is 1. The second-order valence-corrected chi connectivity index (χ2v) is 9.96. The molecule has 4 aromatic rings. The maximum absolute atomic E-state index is 12.6. The molecule has 2 aromatic carbocycles. The predicted octanol–water partition coefficient (Wildman–Crippen LogP) is 3.68. The number of hydrogen-bond donors (Lipinski definition) is 2. The fourth-order valence-corrected chi connectivity index (χ4v) is 5.05. The number of fused-ring (bicyclic) bond motifs is 3. The van der Waals surface area contributed by atoms with Crippen molar-refractivity contribution in [2.75, 3.05) is 11.9 Å². The van der Waals surface area contributed by atoms with Gasteiger partial charge in [0.15, 0.2) is 5.65 Å². The molecule has 2 N–H and O–H groups in total. The molecule has 1 amide bonds. The van der Waals surface area contributed by atoms with Crippen molar-refractivity contribution in [3.05, 3.63) is 83.7 Å². The summed E-state index contributed by atoms with van der Waals surface area (Å²) in [7, 11) is -3.43. The van der Waals surface area contributed by atoms with Crippen molar-refractivity contribution in [1.82, 2.24) is 19.3 Å². The van der Waals surface area contributed by atoms with Crippen molar-refractivity contribution < 1.29 is 13.2 Å². The molecule has 0 aliphatic carbocycles. The van der Waals surface area contributed by atoms with E-state index in [0.717, 1.165) is 33.5 Å². The summed E-state index contributed by atoms with van der Waals surface area (Å²) in [6.07, 6.45) is 2.32. The average Bonchev–Trinajstić information content (AvgIpc) is 3.17. The van der Waals surface area contributed by atoms with Crippen LogP contribution >= 0.6 is 0 Å². The van der Waals surface area contributed by atoms with Gasteiger partial charge in [0.2, 0.25) is 15.9 Å². The second-order valence-electron chi connectivity index (χ2n) is 8.16. The van der Waals surface area contributed by atoms with Gasteiger partial charge in [0.1, 0.15) is 0 Å². The summed E-state index contributed by atoms with van der Waals surface area (Å²) in [5, 5.41) is 8.54. The third-order valence-corrected chi connectivity index (χ3v) is 6.98. The molecule has 0 atom stereocenters. The number of carbonyl (C=O) groups excluding carboxylic acids is 1. The van der Waals surface area contributed by atoms with E-state index < -0.39 is 10.0 Å². The fraction of sp³-hybridized carbons (Fsp3) is 0.240. The number of carbonyl (C=O) groups is 1. The van der Waals surface area contributed by atoms with Gasteiger partial charge in [0.05, 0.1) is 11.3 Å². The van der Waals surface area contributed by atoms with Crippen LogP contribution in [0.3, 0.4) is 0 Å². The van der Waals surface area contributed by atoms with Crippen LogP contribution in [-0.4, -0.2) is 35.5 Å². The van der Waals surface area contributed by atoms with Crippen molar-refractivity contribution in [2.45, 2.75) is 32.4 Å². The first-order valence-corrected chi connectivity index (χ1v) is 12.6. The third-order valence-electron chi connectivity index (χ3n) is 5.66. The van der Waals surface area contributed by atoms with Crippen LogP contribution in [-0.2, 0) is 27.0 Å². The van der Waals surface area contributed by atoms with Crippen molar-refractivity contribution in [3.63, 3.8) is 0 Å². The van der Waals surface area contributed by atoms with Gasteiger partial charge in [-0.3, -0.25) is 4.79 Å². The van der Waals surface area contributed by atoms with E-state index in [1.54, 1.807) is 24.3 Å². The van der Waals surface area contributed by atoms with Crippen LogP contribution in [0.15, 0.2) is 61.2 Å². The molecule has 176 valence electrons. The standard InChI is InChI=1S/C25H27N5O3S/c1-4-15-26-34(32,33)16-19-9-11-20(12-10-19)28-24(31)14-13-21-17(2)27-25-22-7-5-6-8-23(22)29-30(25)18(21)3/h4-12,26H,1,13-16H2,2-3H3,(H,28,31). The third kappa shape index (κ3) is 5.16. The molecule has 0 bridgehead atoms. The highest BCUT2D eigenvalue weighted by Crippen LogP contribution is 2.23. The Morgan fingerprint density at radius 3 is 2.59 bits per heavy atom. The van der Waals surface area contributed by atoms with Crippen LogP contribution in [0.4, 0.5) is 5.69 Å². The Hall–Kier alpha value is -3.56. The molecule has 4 rings (SSSR count). The number of benzene rings is 2. The lowest BCUT2D eigenvalue weighted by molar-refractivity contribution is -0.116. The van der Waals surface area contributed by atoms with E-state index in [0.29, 0.717) is 17.7 Å². The van der Waals surface area contributed by atoms with Gasteiger partial charge >= 0.3 is 0 Å². The quantitative estimate of drug-likeness (QED) is 0.358. The molecule has 8 nitrogen and oxygen atoms in total. The van der Waals surface area contributed by atoms with Crippen molar-refractivity contribution in [3.8, 4) is 0 Å². The highest BCUT2D eigenvalue weighted by atomic mass is 32.2. The summed E-state index contributed by atoms with van der Waals surface area (Å²) < 4.78 is 28.3. The van der Waals surface area contributed by atoms with Gasteiger partial charge in [-0.05, 0) is 55.7 Å². The smallest absolute Gasteiger partial charge is 0.224 e. The molecule has 9 heteroatoms. The Balaban J connectivity index is 1.41. The lowest BCUT2D eigenvalue weighted by Crippen LogP contribution is -2.25. The van der Waals surface area contributed by atoms with Crippen LogP contribution in [0, 0.1) is 13.8 Å². The van der Waals surface area contributed by atoms with Gasteiger partial charge in [-0.15, -0.1) is 6.58 Å². The number of hydrogen-bond acceptors (Lipinski definition) is 5. The van der Waals surface area contributed by atoms with Crippen LogP contribution < -0.4 is 10.0 Å². The van der Waals surface area contributed by atoms with Gasteiger partial charge in [0.25, 0.3) is 0 Å². The Morgan fingerprint density at radius 1 is 1.12 bits per heavy atom. The summed E-state index contributed by atoms with van der Waals surface area (Å²) in [5.74, 6) is -0.261. The highest BCUT2D eigenvalue weighted by Gasteiger charge is 2.15. The van der Waals surface area contributed by atoms with Crippen LogP contribution in [0.2, 0.25) is 0 Å². The molecule has 0 aliphatic heterocycles. The van der Waals surface area contributed by atoms with Crippen molar-refractivity contribution >= 4 is 38.2 Å². The lowest BCUT2D eigenvalue weighted by atomic mass is 10.1. The fourth-order valence-electron chi connectivity index (χ4n) is 3.94. The topological polar surface area (TPSA) is 105 Å². The van der Waals surface area contributed by atoms with Crippen LogP contribution in [0.5, 0.6) is 0 Å². The molecule has 2 aromatic heterocycles. The molecule has 0 fully saturated rings. The summed E-state index contributed by atoms with van der Waals surface area (Å²) >= 11 is 0. The molecule has 0 spiro atoms. The number of nitrogens with zero attached hydrogens (tertiary/aromatic N) is 3. The minimum atomic E-state index is -3.43. The molecule has 34 heavy (non-hydrogen) atoms. The first kappa shape index (κ1) is 23.6. The number of amides is 1. The maximum Gasteiger partial charge on any atom is 0.224 e. The first-order valence-electron chi connectivity index (χ1n) is 11.0. The van der Waals surface area contributed by atoms with E-state index in [2.05, 4.69) is 21.7 Å². The molecular weight excluding hydrogens is 450 g/mol. The number of anilines is 1. The van der Waals surface area contributed by atoms with Crippen molar-refractivity contribution in [1.29, 1.82) is 0 Å². The molecule has 0 saturated heterocycles. The molecule has 0 aliphatic rings.